The molecule has 0 radical (unpaired) electrons. The average molecular weight is 414 g/mol. The molecule has 0 saturated carbocycles. The van der Waals surface area contributed by atoms with Gasteiger partial charge >= 0.3 is 0 Å². The van der Waals surface area contributed by atoms with Crippen molar-refractivity contribution in [3.63, 3.8) is 0 Å². The zero-order valence-electron chi connectivity index (χ0n) is 18.4. The van der Waals surface area contributed by atoms with Crippen LogP contribution in [-0.4, -0.2) is 72.9 Å². The molecule has 1 aromatic carbocycles. The molecule has 3 saturated heterocycles. The van der Waals surface area contributed by atoms with E-state index in [0.717, 1.165) is 17.9 Å². The SMILES string of the molecule is COc1ccccc1CN1CC(C(=O)N(C)CC2CCCN3CCCCC23)CC1=O. The van der Waals surface area contributed by atoms with Gasteiger partial charge in [0.05, 0.1) is 13.0 Å². The summed E-state index contributed by atoms with van der Waals surface area (Å²) in [5, 5.41) is 0. The zero-order valence-corrected chi connectivity index (χ0v) is 18.4. The molecule has 3 atom stereocenters. The summed E-state index contributed by atoms with van der Waals surface area (Å²) in [7, 11) is 3.57. The van der Waals surface area contributed by atoms with E-state index in [1.165, 1.54) is 45.2 Å². The Kier molecular flexibility index (Phi) is 6.61. The highest BCUT2D eigenvalue weighted by atomic mass is 16.5. The van der Waals surface area contributed by atoms with Gasteiger partial charge in [-0.1, -0.05) is 24.6 Å². The van der Waals surface area contributed by atoms with Gasteiger partial charge in [0.2, 0.25) is 11.8 Å². The van der Waals surface area contributed by atoms with Crippen molar-refractivity contribution in [2.45, 2.75) is 51.1 Å². The normalized spacial score (nSPS) is 27.1. The lowest BCUT2D eigenvalue weighted by Crippen LogP contribution is -2.51. The van der Waals surface area contributed by atoms with Crippen molar-refractivity contribution in [2.24, 2.45) is 11.8 Å². The number of carbonyl (C=O) groups is 2. The third-order valence-electron chi connectivity index (χ3n) is 7.23. The predicted molar refractivity (Wildman–Crippen MR) is 116 cm³/mol. The molecule has 30 heavy (non-hydrogen) atoms. The van der Waals surface area contributed by atoms with Crippen LogP contribution < -0.4 is 4.74 Å². The third kappa shape index (κ3) is 4.48. The van der Waals surface area contributed by atoms with Crippen LogP contribution in [0.15, 0.2) is 24.3 Å². The second kappa shape index (κ2) is 9.38. The maximum absolute atomic E-state index is 13.2. The van der Waals surface area contributed by atoms with Gasteiger partial charge < -0.3 is 19.4 Å². The first-order valence-electron chi connectivity index (χ1n) is 11.5. The standard InChI is InChI=1S/C24H35N3O3/c1-25(15-18-9-7-13-26-12-6-5-10-21(18)26)24(29)20-14-23(28)27(17-20)16-19-8-3-4-11-22(19)30-2/h3-4,8,11,18,20-21H,5-7,9-10,12-17H2,1-2H3. The van der Waals surface area contributed by atoms with Crippen LogP contribution in [-0.2, 0) is 16.1 Å². The van der Waals surface area contributed by atoms with E-state index >= 15 is 0 Å². The van der Waals surface area contributed by atoms with E-state index in [9.17, 15) is 9.59 Å². The van der Waals surface area contributed by atoms with Gasteiger partial charge in [0.15, 0.2) is 0 Å². The minimum Gasteiger partial charge on any atom is -0.496 e. The maximum atomic E-state index is 13.2. The quantitative estimate of drug-likeness (QED) is 0.720. The van der Waals surface area contributed by atoms with E-state index in [1.54, 1.807) is 12.0 Å². The lowest BCUT2D eigenvalue weighted by molar-refractivity contribution is -0.135. The van der Waals surface area contributed by atoms with Crippen molar-refractivity contribution in [1.29, 1.82) is 0 Å². The number of rotatable bonds is 6. The molecular formula is C24H35N3O3. The maximum Gasteiger partial charge on any atom is 0.227 e. The highest BCUT2D eigenvalue weighted by molar-refractivity contribution is 5.89. The molecule has 1 aromatic rings. The largest absolute Gasteiger partial charge is 0.496 e. The number of amides is 2. The lowest BCUT2D eigenvalue weighted by Gasteiger charge is -2.45. The van der Waals surface area contributed by atoms with Crippen LogP contribution in [0.4, 0.5) is 0 Å². The molecule has 3 heterocycles. The van der Waals surface area contributed by atoms with Crippen LogP contribution in [0.25, 0.3) is 0 Å². The number of piperidine rings is 2. The molecule has 3 aliphatic rings. The molecule has 0 aromatic heterocycles. The minimum atomic E-state index is -0.233. The fraction of sp³-hybridized carbons (Fsp3) is 0.667. The molecular weight excluding hydrogens is 378 g/mol. The van der Waals surface area contributed by atoms with E-state index in [-0.39, 0.29) is 17.7 Å². The zero-order chi connectivity index (χ0) is 21.1. The minimum absolute atomic E-state index is 0.0591. The van der Waals surface area contributed by atoms with Crippen molar-refractivity contribution in [3.05, 3.63) is 29.8 Å². The molecule has 0 N–H and O–H groups in total. The highest BCUT2D eigenvalue weighted by Gasteiger charge is 2.38. The van der Waals surface area contributed by atoms with Gasteiger partial charge in [-0.3, -0.25) is 9.59 Å². The van der Waals surface area contributed by atoms with E-state index in [0.29, 0.717) is 31.5 Å². The van der Waals surface area contributed by atoms with Gasteiger partial charge in [-0.05, 0) is 50.8 Å². The van der Waals surface area contributed by atoms with Crippen LogP contribution in [0, 0.1) is 11.8 Å². The van der Waals surface area contributed by atoms with E-state index in [2.05, 4.69) is 4.90 Å². The van der Waals surface area contributed by atoms with E-state index in [4.69, 9.17) is 4.74 Å². The second-order valence-electron chi connectivity index (χ2n) is 9.21. The Bertz CT molecular complexity index is 766. The molecule has 2 amide bonds. The highest BCUT2D eigenvalue weighted by Crippen LogP contribution is 2.32. The van der Waals surface area contributed by atoms with Gasteiger partial charge in [-0.2, -0.15) is 0 Å². The Morgan fingerprint density at radius 1 is 1.17 bits per heavy atom. The van der Waals surface area contributed by atoms with Crippen molar-refractivity contribution >= 4 is 11.8 Å². The average Bonchev–Trinajstić information content (AvgIpc) is 3.14. The Morgan fingerprint density at radius 3 is 2.80 bits per heavy atom. The van der Waals surface area contributed by atoms with Crippen LogP contribution in [0.5, 0.6) is 5.75 Å². The number of methoxy groups -OCH3 is 1. The monoisotopic (exact) mass is 413 g/mol. The molecule has 0 aliphatic carbocycles. The number of ether oxygens (including phenoxy) is 1. The molecule has 0 bridgehead atoms. The first kappa shape index (κ1) is 21.2. The first-order chi connectivity index (χ1) is 14.6. The molecule has 164 valence electrons. The predicted octanol–water partition coefficient (Wildman–Crippen LogP) is 2.77. The van der Waals surface area contributed by atoms with Gasteiger partial charge in [-0.25, -0.2) is 0 Å². The van der Waals surface area contributed by atoms with Crippen LogP contribution in [0.2, 0.25) is 0 Å². The summed E-state index contributed by atoms with van der Waals surface area (Å²) < 4.78 is 5.41. The topological polar surface area (TPSA) is 53.1 Å². The number of hydrogen-bond donors (Lipinski definition) is 0. The number of fused-ring (bicyclic) bond motifs is 1. The third-order valence-corrected chi connectivity index (χ3v) is 7.23. The number of nitrogens with zero attached hydrogens (tertiary/aromatic N) is 3. The number of carbonyl (C=O) groups excluding carboxylic acids is 2. The van der Waals surface area contributed by atoms with Crippen LogP contribution >= 0.6 is 0 Å². The van der Waals surface area contributed by atoms with Crippen molar-refractivity contribution in [3.8, 4) is 5.75 Å². The smallest absolute Gasteiger partial charge is 0.227 e. The fourth-order valence-corrected chi connectivity index (χ4v) is 5.67. The number of benzene rings is 1. The summed E-state index contributed by atoms with van der Waals surface area (Å²) in [4.78, 5) is 32.1. The Hall–Kier alpha value is -2.08. The molecule has 6 heteroatoms. The molecule has 3 unspecified atom stereocenters. The summed E-state index contributed by atoms with van der Waals surface area (Å²) >= 11 is 0. The number of para-hydroxylation sites is 1. The van der Waals surface area contributed by atoms with Crippen LogP contribution in [0.3, 0.4) is 0 Å². The molecule has 3 aliphatic heterocycles. The van der Waals surface area contributed by atoms with Crippen molar-refractivity contribution < 1.29 is 14.3 Å². The summed E-state index contributed by atoms with van der Waals surface area (Å²) in [6.45, 7) is 4.25. The summed E-state index contributed by atoms with van der Waals surface area (Å²) in [5.41, 5.74) is 0.981. The molecule has 3 fully saturated rings. The van der Waals surface area contributed by atoms with Crippen molar-refractivity contribution in [1.82, 2.24) is 14.7 Å². The van der Waals surface area contributed by atoms with Gasteiger partial charge in [0.25, 0.3) is 0 Å². The van der Waals surface area contributed by atoms with Gasteiger partial charge in [0.1, 0.15) is 5.75 Å². The van der Waals surface area contributed by atoms with E-state index in [1.807, 2.05) is 36.2 Å². The van der Waals surface area contributed by atoms with Gasteiger partial charge in [0, 0.05) is 44.7 Å². The second-order valence-corrected chi connectivity index (χ2v) is 9.21. The Labute approximate surface area is 180 Å². The summed E-state index contributed by atoms with van der Waals surface area (Å²) in [6.07, 6.45) is 6.65. The van der Waals surface area contributed by atoms with Crippen LogP contribution in [0.1, 0.15) is 44.1 Å². The molecule has 4 rings (SSSR count). The van der Waals surface area contributed by atoms with E-state index < -0.39 is 0 Å². The van der Waals surface area contributed by atoms with Crippen molar-refractivity contribution in [2.75, 3.05) is 40.3 Å². The number of hydrogen-bond acceptors (Lipinski definition) is 4. The lowest BCUT2D eigenvalue weighted by atomic mass is 9.83. The number of likely N-dealkylation sites (tertiary alicyclic amines) is 1. The fourth-order valence-electron chi connectivity index (χ4n) is 5.67. The Balaban J connectivity index is 1.34. The van der Waals surface area contributed by atoms with Gasteiger partial charge in [-0.15, -0.1) is 0 Å². The Morgan fingerprint density at radius 2 is 1.97 bits per heavy atom. The molecule has 0 spiro atoms. The molecule has 6 nitrogen and oxygen atoms in total. The summed E-state index contributed by atoms with van der Waals surface area (Å²) in [6, 6.07) is 8.40. The summed E-state index contributed by atoms with van der Waals surface area (Å²) in [5.74, 6) is 1.30. The first-order valence-corrected chi connectivity index (χ1v) is 11.5.